The highest BCUT2D eigenvalue weighted by Crippen LogP contribution is 2.34. The van der Waals surface area contributed by atoms with E-state index in [1.165, 1.54) is 5.01 Å². The van der Waals surface area contributed by atoms with Gasteiger partial charge in [0.25, 0.3) is 0 Å². The van der Waals surface area contributed by atoms with Crippen LogP contribution in [0.3, 0.4) is 0 Å². The van der Waals surface area contributed by atoms with Gasteiger partial charge in [-0.25, -0.2) is 15.6 Å². The molecule has 1 aliphatic rings. The molecule has 1 unspecified atom stereocenters. The number of hydrogen-bond donors (Lipinski definition) is 1. The highest BCUT2D eigenvalue weighted by Gasteiger charge is 2.33. The van der Waals surface area contributed by atoms with Gasteiger partial charge in [-0.2, -0.15) is 0 Å². The van der Waals surface area contributed by atoms with E-state index in [9.17, 15) is 4.79 Å². The Morgan fingerprint density at radius 1 is 1.38 bits per heavy atom. The van der Waals surface area contributed by atoms with Gasteiger partial charge in [0.05, 0.1) is 6.04 Å². The molecule has 7 heteroatoms. The standard InChI is InChI=1S/C14H24N4O3/c1-9-16-17-12(20-9)10-6-5-7-11(8-10)18(15)13(19)21-14(2,3)4/h10-11H,5-8,15H2,1-4H3/t10-,11?/m0/s1. The van der Waals surface area contributed by atoms with Crippen LogP contribution in [0.4, 0.5) is 4.79 Å². The van der Waals surface area contributed by atoms with Crippen molar-refractivity contribution in [3.8, 4) is 0 Å². The second-order valence-electron chi connectivity index (χ2n) is 6.56. The summed E-state index contributed by atoms with van der Waals surface area (Å²) in [6, 6.07) is -0.0641. The Kier molecular flexibility index (Phi) is 4.51. The van der Waals surface area contributed by atoms with Gasteiger partial charge in [0, 0.05) is 12.8 Å². The monoisotopic (exact) mass is 296 g/mol. The Hall–Kier alpha value is -1.63. The number of aromatic nitrogens is 2. The molecule has 0 aliphatic heterocycles. The van der Waals surface area contributed by atoms with Crippen LogP contribution in [-0.2, 0) is 4.74 Å². The summed E-state index contributed by atoms with van der Waals surface area (Å²) in [7, 11) is 0. The van der Waals surface area contributed by atoms with E-state index in [0.717, 1.165) is 25.7 Å². The van der Waals surface area contributed by atoms with Gasteiger partial charge in [0.1, 0.15) is 5.60 Å². The van der Waals surface area contributed by atoms with E-state index < -0.39 is 11.7 Å². The molecule has 21 heavy (non-hydrogen) atoms. The number of aryl methyl sites for hydroxylation is 1. The molecule has 0 saturated heterocycles. The molecule has 1 fully saturated rings. The van der Waals surface area contributed by atoms with Crippen LogP contribution >= 0.6 is 0 Å². The van der Waals surface area contributed by atoms with E-state index in [-0.39, 0.29) is 12.0 Å². The molecule has 118 valence electrons. The molecule has 1 amide bonds. The summed E-state index contributed by atoms with van der Waals surface area (Å²) in [5, 5.41) is 9.15. The molecule has 1 heterocycles. The van der Waals surface area contributed by atoms with Crippen LogP contribution in [0.1, 0.15) is 64.2 Å². The van der Waals surface area contributed by atoms with E-state index in [4.69, 9.17) is 15.0 Å². The van der Waals surface area contributed by atoms with Gasteiger partial charge >= 0.3 is 6.09 Å². The van der Waals surface area contributed by atoms with Crippen molar-refractivity contribution in [2.75, 3.05) is 0 Å². The van der Waals surface area contributed by atoms with Crippen molar-refractivity contribution >= 4 is 6.09 Å². The molecular weight excluding hydrogens is 272 g/mol. The fourth-order valence-electron chi connectivity index (χ4n) is 2.58. The first-order valence-electron chi connectivity index (χ1n) is 7.33. The molecule has 1 saturated carbocycles. The molecule has 7 nitrogen and oxygen atoms in total. The predicted octanol–water partition coefficient (Wildman–Crippen LogP) is 2.52. The third-order valence-electron chi connectivity index (χ3n) is 3.54. The van der Waals surface area contributed by atoms with Crippen LogP contribution in [0.5, 0.6) is 0 Å². The average molecular weight is 296 g/mol. The van der Waals surface area contributed by atoms with Crippen LogP contribution in [0.25, 0.3) is 0 Å². The Morgan fingerprint density at radius 3 is 2.67 bits per heavy atom. The molecule has 2 rings (SSSR count). The maximum absolute atomic E-state index is 12.0. The van der Waals surface area contributed by atoms with Crippen molar-refractivity contribution in [2.24, 2.45) is 5.84 Å². The van der Waals surface area contributed by atoms with E-state index in [2.05, 4.69) is 10.2 Å². The zero-order valence-electron chi connectivity index (χ0n) is 13.1. The lowest BCUT2D eigenvalue weighted by Gasteiger charge is -2.34. The number of carbonyl (C=O) groups excluding carboxylic acids is 1. The first-order valence-corrected chi connectivity index (χ1v) is 7.33. The first kappa shape index (κ1) is 15.8. The van der Waals surface area contributed by atoms with Gasteiger partial charge in [-0.3, -0.25) is 0 Å². The normalized spacial score (nSPS) is 22.9. The van der Waals surface area contributed by atoms with E-state index in [0.29, 0.717) is 11.8 Å². The van der Waals surface area contributed by atoms with E-state index in [1.54, 1.807) is 6.92 Å². The minimum atomic E-state index is -0.549. The van der Waals surface area contributed by atoms with Gasteiger partial charge in [0.2, 0.25) is 11.8 Å². The third-order valence-corrected chi connectivity index (χ3v) is 3.54. The fourth-order valence-corrected chi connectivity index (χ4v) is 2.58. The highest BCUT2D eigenvalue weighted by molar-refractivity contribution is 5.67. The number of nitrogens with zero attached hydrogens (tertiary/aromatic N) is 3. The molecule has 2 N–H and O–H groups in total. The molecule has 2 atom stereocenters. The molecule has 1 aliphatic carbocycles. The zero-order chi connectivity index (χ0) is 15.6. The van der Waals surface area contributed by atoms with Crippen LogP contribution in [0.15, 0.2) is 4.42 Å². The van der Waals surface area contributed by atoms with Crippen molar-refractivity contribution in [1.29, 1.82) is 0 Å². The lowest BCUT2D eigenvalue weighted by atomic mass is 9.85. The molecular formula is C14H24N4O3. The summed E-state index contributed by atoms with van der Waals surface area (Å²) in [6.07, 6.45) is 3.03. The van der Waals surface area contributed by atoms with Crippen LogP contribution in [0.2, 0.25) is 0 Å². The molecule has 0 aromatic carbocycles. The summed E-state index contributed by atoms with van der Waals surface area (Å²) in [6.45, 7) is 7.24. The summed E-state index contributed by atoms with van der Waals surface area (Å²) >= 11 is 0. The SMILES string of the molecule is Cc1nnc([C@H]2CCCC(N(N)C(=O)OC(C)(C)C)C2)o1. The van der Waals surface area contributed by atoms with Crippen LogP contribution in [0, 0.1) is 6.92 Å². The van der Waals surface area contributed by atoms with Crippen molar-refractivity contribution in [2.45, 2.75) is 70.9 Å². The molecule has 0 radical (unpaired) electrons. The zero-order valence-corrected chi connectivity index (χ0v) is 13.1. The fraction of sp³-hybridized carbons (Fsp3) is 0.786. The average Bonchev–Trinajstić information content (AvgIpc) is 2.83. The number of rotatable bonds is 2. The number of hydrogen-bond acceptors (Lipinski definition) is 6. The second kappa shape index (κ2) is 6.01. The smallest absolute Gasteiger partial charge is 0.424 e. The Morgan fingerprint density at radius 2 is 2.10 bits per heavy atom. The van der Waals surface area contributed by atoms with Gasteiger partial charge in [-0.1, -0.05) is 6.42 Å². The lowest BCUT2D eigenvalue weighted by molar-refractivity contribution is 0.0104. The third kappa shape index (κ3) is 4.17. The van der Waals surface area contributed by atoms with E-state index >= 15 is 0 Å². The number of carbonyl (C=O) groups is 1. The largest absolute Gasteiger partial charge is 0.443 e. The van der Waals surface area contributed by atoms with Gasteiger partial charge in [0.15, 0.2) is 0 Å². The quantitative estimate of drug-likeness (QED) is 0.512. The molecule has 1 aromatic rings. The number of ether oxygens (including phenoxy) is 1. The summed E-state index contributed by atoms with van der Waals surface area (Å²) in [4.78, 5) is 12.0. The maximum Gasteiger partial charge on any atom is 0.424 e. The van der Waals surface area contributed by atoms with Crippen LogP contribution in [-0.4, -0.2) is 32.9 Å². The molecule has 0 spiro atoms. The molecule has 0 bridgehead atoms. The maximum atomic E-state index is 12.0. The van der Waals surface area contributed by atoms with E-state index in [1.807, 2.05) is 20.8 Å². The highest BCUT2D eigenvalue weighted by atomic mass is 16.6. The topological polar surface area (TPSA) is 94.5 Å². The van der Waals surface area contributed by atoms with Crippen molar-refractivity contribution < 1.29 is 13.9 Å². The predicted molar refractivity (Wildman–Crippen MR) is 76.3 cm³/mol. The van der Waals surface area contributed by atoms with Gasteiger partial charge < -0.3 is 9.15 Å². The van der Waals surface area contributed by atoms with Crippen molar-refractivity contribution in [1.82, 2.24) is 15.2 Å². The lowest BCUT2D eigenvalue weighted by Crippen LogP contribution is -2.49. The summed E-state index contributed by atoms with van der Waals surface area (Å²) in [5.74, 6) is 7.28. The number of amides is 1. The summed E-state index contributed by atoms with van der Waals surface area (Å²) < 4.78 is 10.8. The van der Waals surface area contributed by atoms with Crippen molar-refractivity contribution in [3.05, 3.63) is 11.8 Å². The van der Waals surface area contributed by atoms with Gasteiger partial charge in [-0.05, 0) is 40.0 Å². The Balaban J connectivity index is 1.98. The Bertz CT molecular complexity index is 495. The first-order chi connectivity index (χ1) is 9.76. The number of nitrogens with two attached hydrogens (primary N) is 1. The molecule has 1 aromatic heterocycles. The van der Waals surface area contributed by atoms with Crippen LogP contribution < -0.4 is 5.84 Å². The minimum Gasteiger partial charge on any atom is -0.443 e. The minimum absolute atomic E-state index is 0.0641. The van der Waals surface area contributed by atoms with Crippen molar-refractivity contribution in [3.63, 3.8) is 0 Å². The second-order valence-corrected chi connectivity index (χ2v) is 6.56. The van der Waals surface area contributed by atoms with Gasteiger partial charge in [-0.15, -0.1) is 10.2 Å². The Labute approximate surface area is 124 Å². The summed E-state index contributed by atoms with van der Waals surface area (Å²) in [5.41, 5.74) is -0.549. The number of hydrazine groups is 1.